The van der Waals surface area contributed by atoms with Crippen LogP contribution in [0.2, 0.25) is 0 Å². The molecule has 1 saturated heterocycles. The fraction of sp³-hybridized carbons (Fsp3) is 0.353. The first-order chi connectivity index (χ1) is 13.1. The lowest BCUT2D eigenvalue weighted by atomic mass is 10.1. The van der Waals surface area contributed by atoms with Gasteiger partial charge in [-0.15, -0.1) is 5.10 Å². The number of nitrogens with one attached hydrogen (secondary N) is 1. The zero-order chi connectivity index (χ0) is 19.0. The monoisotopic (exact) mass is 370 g/mol. The Morgan fingerprint density at radius 3 is 2.96 bits per heavy atom. The lowest BCUT2D eigenvalue weighted by molar-refractivity contribution is -0.0323. The van der Waals surface area contributed by atoms with Crippen LogP contribution >= 0.6 is 0 Å². The van der Waals surface area contributed by atoms with Gasteiger partial charge in [-0.2, -0.15) is 0 Å². The molecule has 10 heteroatoms. The summed E-state index contributed by atoms with van der Waals surface area (Å²) in [6, 6.07) is 3.38. The Hall–Kier alpha value is -3.11. The van der Waals surface area contributed by atoms with Crippen molar-refractivity contribution in [3.8, 4) is 11.3 Å². The Morgan fingerprint density at radius 2 is 2.22 bits per heavy atom. The molecule has 10 nitrogen and oxygen atoms in total. The van der Waals surface area contributed by atoms with Crippen LogP contribution in [0, 0.1) is 6.92 Å². The minimum Gasteiger partial charge on any atom is -0.394 e. The summed E-state index contributed by atoms with van der Waals surface area (Å²) in [4.78, 5) is 30.0. The van der Waals surface area contributed by atoms with E-state index in [0.717, 1.165) is 5.56 Å². The molecule has 4 heterocycles. The van der Waals surface area contributed by atoms with Crippen molar-refractivity contribution in [3.63, 3.8) is 0 Å². The molecule has 0 aliphatic carbocycles. The van der Waals surface area contributed by atoms with Crippen LogP contribution in [0.15, 0.2) is 46.5 Å². The van der Waals surface area contributed by atoms with E-state index in [-0.39, 0.29) is 12.6 Å². The normalized spacial score (nSPS) is 22.2. The van der Waals surface area contributed by atoms with Gasteiger partial charge in [0.05, 0.1) is 18.8 Å². The number of rotatable bonds is 4. The molecule has 1 aliphatic heterocycles. The standard InChI is InChI=1S/C17H18N6O4/c1-10-7-22(17(26)19-16(10)25)15-5-13(14(9-24)27-15)23-8-12(20-21-23)11-3-2-4-18-6-11/h2-4,6-8,13-15,24H,5,9H2,1H3,(H,19,25,26)/t13-,14+,15+/m0/s1. The Kier molecular flexibility index (Phi) is 4.42. The molecular formula is C17H18N6O4. The summed E-state index contributed by atoms with van der Waals surface area (Å²) < 4.78 is 8.81. The van der Waals surface area contributed by atoms with Crippen molar-refractivity contribution in [3.05, 3.63) is 63.3 Å². The molecule has 27 heavy (non-hydrogen) atoms. The number of aromatic amines is 1. The minimum atomic E-state index is -0.624. The molecule has 0 aromatic carbocycles. The van der Waals surface area contributed by atoms with Crippen LogP contribution in [0.1, 0.15) is 24.3 Å². The molecule has 1 aliphatic rings. The van der Waals surface area contributed by atoms with Crippen molar-refractivity contribution in [1.82, 2.24) is 29.5 Å². The molecule has 140 valence electrons. The van der Waals surface area contributed by atoms with Gasteiger partial charge in [0.15, 0.2) is 0 Å². The summed E-state index contributed by atoms with van der Waals surface area (Å²) in [5.74, 6) is 0. The van der Waals surface area contributed by atoms with E-state index in [9.17, 15) is 14.7 Å². The molecule has 0 spiro atoms. The van der Waals surface area contributed by atoms with Gasteiger partial charge in [-0.05, 0) is 19.1 Å². The molecule has 1 fully saturated rings. The maximum atomic E-state index is 12.1. The number of hydrogen-bond donors (Lipinski definition) is 2. The molecule has 0 amide bonds. The molecule has 4 rings (SSSR count). The van der Waals surface area contributed by atoms with Gasteiger partial charge in [-0.25, -0.2) is 9.48 Å². The van der Waals surface area contributed by atoms with Crippen LogP contribution in [-0.2, 0) is 4.74 Å². The second-order valence-electron chi connectivity index (χ2n) is 6.42. The molecule has 3 atom stereocenters. The number of H-pyrrole nitrogens is 1. The van der Waals surface area contributed by atoms with Crippen LogP contribution in [0.25, 0.3) is 11.3 Å². The minimum absolute atomic E-state index is 0.236. The zero-order valence-electron chi connectivity index (χ0n) is 14.5. The van der Waals surface area contributed by atoms with Gasteiger partial charge in [0.25, 0.3) is 5.56 Å². The second kappa shape index (κ2) is 6.89. The molecule has 0 radical (unpaired) electrons. The van der Waals surface area contributed by atoms with Gasteiger partial charge in [0, 0.05) is 36.1 Å². The van der Waals surface area contributed by atoms with Crippen molar-refractivity contribution < 1.29 is 9.84 Å². The molecule has 0 saturated carbocycles. The number of pyridine rings is 1. The molecular weight excluding hydrogens is 352 g/mol. The Bertz CT molecular complexity index is 1060. The van der Waals surface area contributed by atoms with E-state index in [1.165, 1.54) is 10.8 Å². The van der Waals surface area contributed by atoms with Crippen molar-refractivity contribution >= 4 is 0 Å². The Morgan fingerprint density at radius 1 is 1.37 bits per heavy atom. The summed E-state index contributed by atoms with van der Waals surface area (Å²) in [6.45, 7) is 1.38. The van der Waals surface area contributed by atoms with Crippen LogP contribution in [0.3, 0.4) is 0 Å². The zero-order valence-corrected chi connectivity index (χ0v) is 14.5. The Balaban J connectivity index is 1.63. The summed E-state index contributed by atoms with van der Waals surface area (Å²) in [6.07, 6.45) is 5.80. The van der Waals surface area contributed by atoms with Gasteiger partial charge in [-0.3, -0.25) is 19.3 Å². The van der Waals surface area contributed by atoms with Gasteiger partial charge in [0.1, 0.15) is 18.0 Å². The van der Waals surface area contributed by atoms with Crippen LogP contribution in [-0.4, -0.2) is 47.3 Å². The number of aromatic nitrogens is 6. The largest absolute Gasteiger partial charge is 0.394 e. The predicted molar refractivity (Wildman–Crippen MR) is 94.0 cm³/mol. The highest BCUT2D eigenvalue weighted by atomic mass is 16.5. The molecule has 0 unspecified atom stereocenters. The summed E-state index contributed by atoms with van der Waals surface area (Å²) in [5, 5.41) is 18.0. The SMILES string of the molecule is Cc1cn([C@H]2C[C@H](n3cc(-c4cccnc4)nn3)[C@@H](CO)O2)c(=O)[nH]c1=O. The van der Waals surface area contributed by atoms with E-state index in [2.05, 4.69) is 20.3 Å². The number of aliphatic hydroxyl groups excluding tert-OH is 1. The highest BCUT2D eigenvalue weighted by Gasteiger charge is 2.38. The summed E-state index contributed by atoms with van der Waals surface area (Å²) in [5.41, 5.74) is 0.902. The van der Waals surface area contributed by atoms with E-state index in [1.807, 2.05) is 12.1 Å². The second-order valence-corrected chi connectivity index (χ2v) is 6.42. The summed E-state index contributed by atoms with van der Waals surface area (Å²) in [7, 11) is 0. The number of ether oxygens (including phenoxy) is 1. The lowest BCUT2D eigenvalue weighted by Gasteiger charge is -2.15. The third-order valence-electron chi connectivity index (χ3n) is 4.65. The van der Waals surface area contributed by atoms with E-state index in [1.54, 1.807) is 30.2 Å². The van der Waals surface area contributed by atoms with Crippen molar-refractivity contribution in [1.29, 1.82) is 0 Å². The van der Waals surface area contributed by atoms with Crippen LogP contribution in [0.4, 0.5) is 0 Å². The van der Waals surface area contributed by atoms with E-state index < -0.39 is 23.6 Å². The third-order valence-corrected chi connectivity index (χ3v) is 4.65. The van der Waals surface area contributed by atoms with Crippen molar-refractivity contribution in [2.45, 2.75) is 31.7 Å². The molecule has 0 bridgehead atoms. The van der Waals surface area contributed by atoms with Gasteiger partial charge in [0.2, 0.25) is 0 Å². The maximum absolute atomic E-state index is 12.1. The van der Waals surface area contributed by atoms with Gasteiger partial charge in [-0.1, -0.05) is 5.21 Å². The first-order valence-electron chi connectivity index (χ1n) is 8.47. The number of aryl methyl sites for hydroxylation is 1. The highest BCUT2D eigenvalue weighted by Crippen LogP contribution is 2.36. The smallest absolute Gasteiger partial charge is 0.330 e. The van der Waals surface area contributed by atoms with E-state index in [0.29, 0.717) is 17.7 Å². The fourth-order valence-corrected chi connectivity index (χ4v) is 3.21. The van der Waals surface area contributed by atoms with Crippen LogP contribution in [0.5, 0.6) is 0 Å². The highest BCUT2D eigenvalue weighted by molar-refractivity contribution is 5.55. The third kappa shape index (κ3) is 3.20. The first-order valence-corrected chi connectivity index (χ1v) is 8.47. The van der Waals surface area contributed by atoms with Crippen molar-refractivity contribution in [2.24, 2.45) is 0 Å². The van der Waals surface area contributed by atoms with Gasteiger partial charge >= 0.3 is 5.69 Å². The van der Waals surface area contributed by atoms with E-state index >= 15 is 0 Å². The molecule has 3 aromatic heterocycles. The fourth-order valence-electron chi connectivity index (χ4n) is 3.21. The quantitative estimate of drug-likeness (QED) is 0.662. The topological polar surface area (TPSA) is 128 Å². The van der Waals surface area contributed by atoms with E-state index in [4.69, 9.17) is 4.74 Å². The average Bonchev–Trinajstić information content (AvgIpc) is 3.32. The number of hydrogen-bond acceptors (Lipinski definition) is 7. The van der Waals surface area contributed by atoms with Crippen molar-refractivity contribution in [2.75, 3.05) is 6.61 Å². The van der Waals surface area contributed by atoms with Crippen LogP contribution < -0.4 is 11.2 Å². The predicted octanol–water partition coefficient (Wildman–Crippen LogP) is 0.0196. The Labute approximate surface area is 153 Å². The molecule has 2 N–H and O–H groups in total. The van der Waals surface area contributed by atoms with Gasteiger partial charge < -0.3 is 9.84 Å². The molecule has 3 aromatic rings. The maximum Gasteiger partial charge on any atom is 0.330 e. The number of aliphatic hydroxyl groups is 1. The average molecular weight is 370 g/mol. The summed E-state index contributed by atoms with van der Waals surface area (Å²) >= 11 is 0. The first kappa shape index (κ1) is 17.3. The number of nitrogens with zero attached hydrogens (tertiary/aromatic N) is 5. The lowest BCUT2D eigenvalue weighted by Crippen LogP contribution is -2.33.